The highest BCUT2D eigenvalue weighted by Gasteiger charge is 2.30. The van der Waals surface area contributed by atoms with Crippen molar-refractivity contribution in [1.82, 2.24) is 4.57 Å². The van der Waals surface area contributed by atoms with Crippen LogP contribution in [0, 0.1) is 0 Å². The van der Waals surface area contributed by atoms with Crippen LogP contribution in [0.1, 0.15) is 21.6 Å². The number of aromatic carboxylic acids is 1. The number of carboxylic acids is 1. The van der Waals surface area contributed by atoms with Crippen LogP contribution >= 0.6 is 11.6 Å². The van der Waals surface area contributed by atoms with Gasteiger partial charge in [-0.2, -0.15) is 0 Å². The molecule has 33 heavy (non-hydrogen) atoms. The number of halogens is 4. The summed E-state index contributed by atoms with van der Waals surface area (Å²) >= 11 is 6.07. The summed E-state index contributed by atoms with van der Waals surface area (Å²) in [4.78, 5) is 11.9. The third-order valence-electron chi connectivity index (χ3n) is 5.03. The zero-order valence-electron chi connectivity index (χ0n) is 17.1. The molecule has 4 aromatic rings. The molecule has 5 nitrogen and oxygen atoms in total. The molecule has 9 heteroatoms. The zero-order valence-corrected chi connectivity index (χ0v) is 17.8. The number of alkyl halides is 3. The summed E-state index contributed by atoms with van der Waals surface area (Å²) in [7, 11) is 0. The average Bonchev–Trinajstić information content (AvgIpc) is 3.11. The number of benzene rings is 3. The van der Waals surface area contributed by atoms with E-state index in [-0.39, 0.29) is 11.4 Å². The highest BCUT2D eigenvalue weighted by Crippen LogP contribution is 2.29. The van der Waals surface area contributed by atoms with Crippen LogP contribution < -0.4 is 10.1 Å². The number of anilines is 1. The maximum absolute atomic E-state index is 12.3. The van der Waals surface area contributed by atoms with Gasteiger partial charge >= 0.3 is 12.3 Å². The summed E-state index contributed by atoms with van der Waals surface area (Å²) in [5.41, 5.74) is 3.16. The van der Waals surface area contributed by atoms with E-state index in [1.165, 1.54) is 24.3 Å². The van der Waals surface area contributed by atoms with Crippen LogP contribution in [-0.4, -0.2) is 22.0 Å². The fraction of sp³-hybridized carbons (Fsp3) is 0.125. The number of rotatable bonds is 7. The summed E-state index contributed by atoms with van der Waals surface area (Å²) in [5.74, 6) is -1.35. The normalized spacial score (nSPS) is 11.5. The third-order valence-corrected chi connectivity index (χ3v) is 5.27. The van der Waals surface area contributed by atoms with Crippen LogP contribution in [0.2, 0.25) is 5.02 Å². The van der Waals surface area contributed by atoms with Crippen molar-refractivity contribution in [2.24, 2.45) is 0 Å². The van der Waals surface area contributed by atoms with Crippen LogP contribution in [0.15, 0.2) is 72.8 Å². The Hall–Kier alpha value is -3.65. The molecule has 1 heterocycles. The first-order valence-corrected chi connectivity index (χ1v) is 10.3. The van der Waals surface area contributed by atoms with Crippen LogP contribution in [0.25, 0.3) is 10.9 Å². The molecule has 2 N–H and O–H groups in total. The van der Waals surface area contributed by atoms with Crippen molar-refractivity contribution in [1.29, 1.82) is 0 Å². The molecule has 1 aromatic heterocycles. The van der Waals surface area contributed by atoms with Gasteiger partial charge in [0, 0.05) is 29.2 Å². The first-order chi connectivity index (χ1) is 15.7. The number of carboxylic acid groups (broad SMARTS) is 1. The van der Waals surface area contributed by atoms with Gasteiger partial charge in [-0.3, -0.25) is 0 Å². The van der Waals surface area contributed by atoms with E-state index in [0.29, 0.717) is 29.2 Å². The van der Waals surface area contributed by atoms with Gasteiger partial charge in [0.05, 0.1) is 5.52 Å². The van der Waals surface area contributed by atoms with E-state index < -0.39 is 12.3 Å². The molecule has 0 aliphatic rings. The minimum absolute atomic E-state index is 0.132. The Balaban J connectivity index is 1.59. The number of nitrogens with one attached hydrogen (secondary N) is 1. The van der Waals surface area contributed by atoms with E-state index >= 15 is 0 Å². The third kappa shape index (κ3) is 5.40. The Labute approximate surface area is 192 Å². The molecule has 3 aromatic carbocycles. The number of ether oxygens (including phenoxy) is 1. The molecule has 0 radical (unpaired) electrons. The maximum atomic E-state index is 12.3. The van der Waals surface area contributed by atoms with E-state index in [1.54, 1.807) is 22.8 Å². The highest BCUT2D eigenvalue weighted by molar-refractivity contribution is 6.30. The topological polar surface area (TPSA) is 63.5 Å². The van der Waals surface area contributed by atoms with E-state index in [4.69, 9.17) is 11.6 Å². The number of hydrogen-bond acceptors (Lipinski definition) is 3. The largest absolute Gasteiger partial charge is 0.573 e. The summed E-state index contributed by atoms with van der Waals surface area (Å²) in [6.45, 7) is 0.656. The van der Waals surface area contributed by atoms with Crippen molar-refractivity contribution in [2.75, 3.05) is 5.32 Å². The molecular formula is C24H18ClF3N2O3. The van der Waals surface area contributed by atoms with Gasteiger partial charge < -0.3 is 19.7 Å². The Morgan fingerprint density at radius 3 is 2.39 bits per heavy atom. The first-order valence-electron chi connectivity index (χ1n) is 9.88. The molecule has 4 rings (SSSR count). The van der Waals surface area contributed by atoms with Gasteiger partial charge in [0.1, 0.15) is 11.4 Å². The molecule has 0 unspecified atom stereocenters. The number of fused-ring (bicyclic) bond motifs is 1. The molecule has 170 valence electrons. The van der Waals surface area contributed by atoms with E-state index in [0.717, 1.165) is 16.6 Å². The maximum Gasteiger partial charge on any atom is 0.573 e. The molecule has 0 saturated carbocycles. The molecule has 0 saturated heterocycles. The summed E-state index contributed by atoms with van der Waals surface area (Å²) < 4.78 is 42.6. The summed E-state index contributed by atoms with van der Waals surface area (Å²) in [5, 5.41) is 14.3. The molecule has 0 bridgehead atoms. The average molecular weight is 475 g/mol. The van der Waals surface area contributed by atoms with Crippen molar-refractivity contribution in [3.8, 4) is 5.75 Å². The predicted molar refractivity (Wildman–Crippen MR) is 120 cm³/mol. The number of carbonyl (C=O) groups is 1. The minimum Gasteiger partial charge on any atom is -0.477 e. The van der Waals surface area contributed by atoms with Crippen molar-refractivity contribution in [2.45, 2.75) is 19.5 Å². The van der Waals surface area contributed by atoms with Crippen molar-refractivity contribution in [3.05, 3.63) is 94.6 Å². The van der Waals surface area contributed by atoms with Gasteiger partial charge in [0.2, 0.25) is 0 Å². The molecule has 0 spiro atoms. The molecular weight excluding hydrogens is 457 g/mol. The number of hydrogen-bond donors (Lipinski definition) is 2. The first kappa shape index (κ1) is 22.5. The van der Waals surface area contributed by atoms with Gasteiger partial charge in [-0.05, 0) is 53.6 Å². The predicted octanol–water partition coefficient (Wildman–Crippen LogP) is 6.55. The molecule has 0 aliphatic carbocycles. The van der Waals surface area contributed by atoms with Crippen LogP contribution in [0.3, 0.4) is 0 Å². The van der Waals surface area contributed by atoms with Gasteiger partial charge in [-0.25, -0.2) is 4.79 Å². The number of nitrogens with zero attached hydrogens (tertiary/aromatic N) is 1. The highest BCUT2D eigenvalue weighted by atomic mass is 35.5. The molecule has 0 atom stereocenters. The lowest BCUT2D eigenvalue weighted by atomic mass is 10.1. The smallest absolute Gasteiger partial charge is 0.477 e. The molecule has 0 aliphatic heterocycles. The fourth-order valence-corrected chi connectivity index (χ4v) is 3.82. The van der Waals surface area contributed by atoms with Crippen LogP contribution in [0.4, 0.5) is 18.9 Å². The quantitative estimate of drug-likeness (QED) is 0.319. The van der Waals surface area contributed by atoms with Crippen molar-refractivity contribution < 1.29 is 27.8 Å². The summed E-state index contributed by atoms with van der Waals surface area (Å²) in [6, 6.07) is 19.8. The lowest BCUT2D eigenvalue weighted by molar-refractivity contribution is -0.274. The van der Waals surface area contributed by atoms with Crippen molar-refractivity contribution in [3.63, 3.8) is 0 Å². The monoisotopic (exact) mass is 474 g/mol. The van der Waals surface area contributed by atoms with Gasteiger partial charge in [-0.1, -0.05) is 41.9 Å². The Morgan fingerprint density at radius 1 is 1.00 bits per heavy atom. The van der Waals surface area contributed by atoms with Gasteiger partial charge in [0.25, 0.3) is 0 Å². The SMILES string of the molecule is O=C(O)c1cc2c(NCc3ccc(OC(F)(F)F)cc3)cccc2n1Cc1cccc(Cl)c1. The second kappa shape index (κ2) is 9.07. The van der Waals surface area contributed by atoms with E-state index in [9.17, 15) is 23.1 Å². The Kier molecular flexibility index (Phi) is 6.20. The fourth-order valence-electron chi connectivity index (χ4n) is 3.61. The minimum atomic E-state index is -4.74. The molecule has 0 fully saturated rings. The number of aromatic nitrogens is 1. The van der Waals surface area contributed by atoms with E-state index in [2.05, 4.69) is 10.1 Å². The van der Waals surface area contributed by atoms with Crippen LogP contribution in [0.5, 0.6) is 5.75 Å². The molecule has 0 amide bonds. The second-order valence-electron chi connectivity index (χ2n) is 7.33. The summed E-state index contributed by atoms with van der Waals surface area (Å²) in [6.07, 6.45) is -4.74. The lowest BCUT2D eigenvalue weighted by Gasteiger charge is -2.12. The standard InChI is InChI=1S/C24H18ClF3N2O3/c25-17-4-1-3-16(11-17)14-30-21-6-2-5-20(19(21)12-22(30)23(31)32)29-13-15-7-9-18(10-8-15)33-24(26,27)28/h1-12,29H,13-14H2,(H,31,32). The van der Waals surface area contributed by atoms with E-state index in [1.807, 2.05) is 30.3 Å². The van der Waals surface area contributed by atoms with Gasteiger partial charge in [-0.15, -0.1) is 13.2 Å². The lowest BCUT2D eigenvalue weighted by Crippen LogP contribution is -2.17. The van der Waals surface area contributed by atoms with Crippen molar-refractivity contribution >= 4 is 34.2 Å². The van der Waals surface area contributed by atoms with Gasteiger partial charge in [0.15, 0.2) is 0 Å². The second-order valence-corrected chi connectivity index (χ2v) is 7.77. The Morgan fingerprint density at radius 2 is 1.73 bits per heavy atom. The Bertz CT molecular complexity index is 1300. The van der Waals surface area contributed by atoms with Crippen LogP contribution in [-0.2, 0) is 13.1 Å². The zero-order chi connectivity index (χ0) is 23.6.